The van der Waals surface area contributed by atoms with E-state index >= 15 is 0 Å². The summed E-state index contributed by atoms with van der Waals surface area (Å²) in [6.45, 7) is 2.44. The molecule has 15 heavy (non-hydrogen) atoms. The topological polar surface area (TPSA) is 55.1 Å². The zero-order chi connectivity index (χ0) is 11.3. The first-order chi connectivity index (χ1) is 7.13. The molecule has 0 aromatic heterocycles. The van der Waals surface area contributed by atoms with Crippen LogP contribution >= 0.6 is 0 Å². The number of benzene rings is 1. The number of hydrogen-bond donors (Lipinski definition) is 2. The van der Waals surface area contributed by atoms with Gasteiger partial charge in [0.2, 0.25) is 5.91 Å². The van der Waals surface area contributed by atoms with Gasteiger partial charge in [-0.15, -0.1) is 0 Å². The van der Waals surface area contributed by atoms with Gasteiger partial charge in [0.15, 0.2) is 0 Å². The maximum absolute atomic E-state index is 12.6. The fraction of sp³-hybridized carbons (Fsp3) is 0.364. The first kappa shape index (κ1) is 11.7. The van der Waals surface area contributed by atoms with E-state index in [1.54, 1.807) is 12.1 Å². The average Bonchev–Trinajstić information content (AvgIpc) is 2.18. The van der Waals surface area contributed by atoms with Crippen LogP contribution < -0.4 is 11.1 Å². The molecule has 0 aliphatic heterocycles. The second kappa shape index (κ2) is 5.46. The van der Waals surface area contributed by atoms with E-state index in [1.165, 1.54) is 12.1 Å². The number of rotatable bonds is 4. The Bertz CT molecular complexity index is 324. The minimum atomic E-state index is -0.378. The number of nitrogens with one attached hydrogen (secondary N) is 1. The molecule has 1 aromatic rings. The highest BCUT2D eigenvalue weighted by atomic mass is 19.1. The molecule has 4 heteroatoms. The highest BCUT2D eigenvalue weighted by molar-refractivity contribution is 5.76. The summed E-state index contributed by atoms with van der Waals surface area (Å²) in [6.07, 6.45) is 0.222. The van der Waals surface area contributed by atoms with Gasteiger partial charge in [0.05, 0.1) is 0 Å². The van der Waals surface area contributed by atoms with Gasteiger partial charge >= 0.3 is 0 Å². The number of amides is 1. The average molecular weight is 210 g/mol. The Morgan fingerprint density at radius 2 is 2.07 bits per heavy atom. The molecule has 0 fully saturated rings. The van der Waals surface area contributed by atoms with Crippen molar-refractivity contribution in [3.63, 3.8) is 0 Å². The number of hydrogen-bond acceptors (Lipinski definition) is 2. The SMILES string of the molecule is CCNC(=O)CC(N)c1ccc(F)cc1. The molecular formula is C11H15FN2O. The zero-order valence-electron chi connectivity index (χ0n) is 8.66. The van der Waals surface area contributed by atoms with Crippen LogP contribution in [-0.4, -0.2) is 12.5 Å². The van der Waals surface area contributed by atoms with Gasteiger partial charge in [0.25, 0.3) is 0 Å². The van der Waals surface area contributed by atoms with Crippen molar-refractivity contribution < 1.29 is 9.18 Å². The lowest BCUT2D eigenvalue weighted by atomic mass is 10.0. The van der Waals surface area contributed by atoms with E-state index in [9.17, 15) is 9.18 Å². The zero-order valence-corrected chi connectivity index (χ0v) is 8.66. The lowest BCUT2D eigenvalue weighted by Gasteiger charge is -2.11. The molecule has 0 spiro atoms. The Balaban J connectivity index is 2.57. The smallest absolute Gasteiger partial charge is 0.221 e. The molecule has 1 unspecified atom stereocenters. The van der Waals surface area contributed by atoms with Crippen molar-refractivity contribution in [2.75, 3.05) is 6.54 Å². The molecule has 0 heterocycles. The molecule has 1 amide bonds. The molecule has 3 nitrogen and oxygen atoms in total. The van der Waals surface area contributed by atoms with Gasteiger partial charge in [0.1, 0.15) is 5.82 Å². The van der Waals surface area contributed by atoms with E-state index in [0.29, 0.717) is 6.54 Å². The van der Waals surface area contributed by atoms with Gasteiger partial charge in [-0.1, -0.05) is 12.1 Å². The predicted molar refractivity (Wildman–Crippen MR) is 56.6 cm³/mol. The normalized spacial score (nSPS) is 12.2. The van der Waals surface area contributed by atoms with Crippen molar-refractivity contribution in [1.82, 2.24) is 5.32 Å². The fourth-order valence-corrected chi connectivity index (χ4v) is 1.30. The van der Waals surface area contributed by atoms with Crippen LogP contribution in [0.3, 0.4) is 0 Å². The third-order valence-electron chi connectivity index (χ3n) is 2.08. The van der Waals surface area contributed by atoms with Crippen molar-refractivity contribution in [3.05, 3.63) is 35.6 Å². The van der Waals surface area contributed by atoms with E-state index in [1.807, 2.05) is 6.92 Å². The Morgan fingerprint density at radius 1 is 1.47 bits per heavy atom. The van der Waals surface area contributed by atoms with Gasteiger partial charge in [-0.3, -0.25) is 4.79 Å². The molecule has 1 atom stereocenters. The van der Waals surface area contributed by atoms with Gasteiger partial charge < -0.3 is 11.1 Å². The highest BCUT2D eigenvalue weighted by Crippen LogP contribution is 2.14. The summed E-state index contributed by atoms with van der Waals surface area (Å²) in [7, 11) is 0. The summed E-state index contributed by atoms with van der Waals surface area (Å²) in [4.78, 5) is 11.2. The number of nitrogens with two attached hydrogens (primary N) is 1. The lowest BCUT2D eigenvalue weighted by Crippen LogP contribution is -2.27. The van der Waals surface area contributed by atoms with E-state index in [-0.39, 0.29) is 24.2 Å². The van der Waals surface area contributed by atoms with E-state index in [2.05, 4.69) is 5.32 Å². The van der Waals surface area contributed by atoms with Gasteiger partial charge in [-0.05, 0) is 24.6 Å². The molecular weight excluding hydrogens is 195 g/mol. The molecule has 0 saturated carbocycles. The Labute approximate surface area is 88.5 Å². The Hall–Kier alpha value is -1.42. The molecule has 0 aliphatic carbocycles. The molecule has 0 radical (unpaired) electrons. The van der Waals surface area contributed by atoms with Crippen LogP contribution in [0.25, 0.3) is 0 Å². The van der Waals surface area contributed by atoms with E-state index in [0.717, 1.165) is 5.56 Å². The first-order valence-electron chi connectivity index (χ1n) is 4.91. The molecule has 0 aliphatic rings. The summed E-state index contributed by atoms with van der Waals surface area (Å²) in [5.74, 6) is -0.390. The molecule has 0 saturated heterocycles. The Morgan fingerprint density at radius 3 is 2.60 bits per heavy atom. The van der Waals surface area contributed by atoms with Gasteiger partial charge in [0, 0.05) is 19.0 Å². The van der Waals surface area contributed by atoms with Crippen LogP contribution in [0.5, 0.6) is 0 Å². The number of carbonyl (C=O) groups is 1. The standard InChI is InChI=1S/C11H15FN2O/c1-2-14-11(15)7-10(13)8-3-5-9(12)6-4-8/h3-6,10H,2,7,13H2,1H3,(H,14,15). The maximum atomic E-state index is 12.6. The predicted octanol–water partition coefficient (Wildman–Crippen LogP) is 1.35. The van der Waals surface area contributed by atoms with E-state index < -0.39 is 0 Å². The van der Waals surface area contributed by atoms with Crippen molar-refractivity contribution in [1.29, 1.82) is 0 Å². The summed E-state index contributed by atoms with van der Waals surface area (Å²) in [5, 5.41) is 2.66. The monoisotopic (exact) mass is 210 g/mol. The van der Waals surface area contributed by atoms with Crippen LogP contribution in [0.4, 0.5) is 4.39 Å². The lowest BCUT2D eigenvalue weighted by molar-refractivity contribution is -0.121. The number of halogens is 1. The second-order valence-corrected chi connectivity index (χ2v) is 3.32. The van der Waals surface area contributed by atoms with Crippen LogP contribution in [-0.2, 0) is 4.79 Å². The van der Waals surface area contributed by atoms with Crippen LogP contribution in [0, 0.1) is 5.82 Å². The molecule has 0 bridgehead atoms. The molecule has 1 aromatic carbocycles. The largest absolute Gasteiger partial charge is 0.356 e. The van der Waals surface area contributed by atoms with Crippen LogP contribution in [0.15, 0.2) is 24.3 Å². The third kappa shape index (κ3) is 3.67. The van der Waals surface area contributed by atoms with Crippen molar-refractivity contribution in [3.8, 4) is 0 Å². The minimum Gasteiger partial charge on any atom is -0.356 e. The first-order valence-corrected chi connectivity index (χ1v) is 4.91. The third-order valence-corrected chi connectivity index (χ3v) is 2.08. The fourth-order valence-electron chi connectivity index (χ4n) is 1.30. The van der Waals surface area contributed by atoms with E-state index in [4.69, 9.17) is 5.73 Å². The van der Waals surface area contributed by atoms with Crippen molar-refractivity contribution in [2.45, 2.75) is 19.4 Å². The quantitative estimate of drug-likeness (QED) is 0.788. The summed E-state index contributed by atoms with van der Waals surface area (Å²) in [6, 6.07) is 5.50. The van der Waals surface area contributed by atoms with Gasteiger partial charge in [-0.2, -0.15) is 0 Å². The maximum Gasteiger partial charge on any atom is 0.221 e. The van der Waals surface area contributed by atoms with Crippen LogP contribution in [0.1, 0.15) is 24.9 Å². The summed E-state index contributed by atoms with van der Waals surface area (Å²) in [5.41, 5.74) is 6.56. The second-order valence-electron chi connectivity index (χ2n) is 3.32. The van der Waals surface area contributed by atoms with Crippen molar-refractivity contribution >= 4 is 5.91 Å². The summed E-state index contributed by atoms with van der Waals surface area (Å²) >= 11 is 0. The molecule has 82 valence electrons. The van der Waals surface area contributed by atoms with Crippen LogP contribution in [0.2, 0.25) is 0 Å². The number of carbonyl (C=O) groups excluding carboxylic acids is 1. The highest BCUT2D eigenvalue weighted by Gasteiger charge is 2.10. The summed E-state index contributed by atoms with van der Waals surface area (Å²) < 4.78 is 12.6. The van der Waals surface area contributed by atoms with Gasteiger partial charge in [-0.25, -0.2) is 4.39 Å². The minimum absolute atomic E-state index is 0.0886. The molecule has 3 N–H and O–H groups in total. The van der Waals surface area contributed by atoms with Crippen molar-refractivity contribution in [2.24, 2.45) is 5.73 Å². The molecule has 1 rings (SSSR count). The Kier molecular flexibility index (Phi) is 4.24.